The van der Waals surface area contributed by atoms with Gasteiger partial charge < -0.3 is 14.2 Å². The number of hydrogen-bond donors (Lipinski definition) is 0. The van der Waals surface area contributed by atoms with E-state index in [0.29, 0.717) is 6.61 Å². The van der Waals surface area contributed by atoms with Gasteiger partial charge in [0.1, 0.15) is 0 Å². The standard InChI is InChI=1S/C12H20O3S/c1-4-6-8-14-10(3)15-12-11(13-5-2)7-9-16-12/h7,9-10H,4-6,8H2,1-3H3. The van der Waals surface area contributed by atoms with Crippen molar-refractivity contribution in [3.05, 3.63) is 11.4 Å². The molecule has 3 nitrogen and oxygen atoms in total. The SMILES string of the molecule is CCCCOC(C)Oc1sccc1OCC. The first-order valence-electron chi connectivity index (χ1n) is 5.76. The van der Waals surface area contributed by atoms with Crippen LogP contribution in [0.15, 0.2) is 11.4 Å². The van der Waals surface area contributed by atoms with Gasteiger partial charge >= 0.3 is 0 Å². The largest absolute Gasteiger partial charge is 0.489 e. The zero-order chi connectivity index (χ0) is 11.8. The minimum absolute atomic E-state index is 0.218. The molecule has 0 radical (unpaired) electrons. The normalized spacial score (nSPS) is 12.4. The lowest BCUT2D eigenvalue weighted by Gasteiger charge is -2.15. The summed E-state index contributed by atoms with van der Waals surface area (Å²) < 4.78 is 16.6. The summed E-state index contributed by atoms with van der Waals surface area (Å²) in [6.45, 7) is 7.40. The minimum atomic E-state index is -0.218. The first-order chi connectivity index (χ1) is 7.77. The van der Waals surface area contributed by atoms with Crippen molar-refractivity contribution in [2.45, 2.75) is 39.9 Å². The number of thiophene rings is 1. The molecule has 0 saturated carbocycles. The van der Waals surface area contributed by atoms with Crippen LogP contribution in [0.2, 0.25) is 0 Å². The molecule has 1 heterocycles. The van der Waals surface area contributed by atoms with Crippen LogP contribution in [0.3, 0.4) is 0 Å². The van der Waals surface area contributed by atoms with Crippen LogP contribution in [-0.4, -0.2) is 19.5 Å². The van der Waals surface area contributed by atoms with Gasteiger partial charge in [-0.25, -0.2) is 0 Å². The fourth-order valence-corrected chi connectivity index (χ4v) is 1.96. The van der Waals surface area contributed by atoms with E-state index in [-0.39, 0.29) is 6.29 Å². The molecule has 0 saturated heterocycles. The van der Waals surface area contributed by atoms with Crippen LogP contribution < -0.4 is 9.47 Å². The quantitative estimate of drug-likeness (QED) is 0.515. The van der Waals surface area contributed by atoms with Gasteiger partial charge in [0, 0.05) is 0 Å². The summed E-state index contributed by atoms with van der Waals surface area (Å²) in [7, 11) is 0. The average Bonchev–Trinajstić information content (AvgIpc) is 2.67. The van der Waals surface area contributed by atoms with E-state index in [2.05, 4.69) is 6.92 Å². The maximum Gasteiger partial charge on any atom is 0.219 e. The zero-order valence-electron chi connectivity index (χ0n) is 10.2. The third-order valence-electron chi connectivity index (χ3n) is 2.02. The highest BCUT2D eigenvalue weighted by Gasteiger charge is 2.10. The van der Waals surface area contributed by atoms with Crippen molar-refractivity contribution < 1.29 is 14.2 Å². The molecular weight excluding hydrogens is 224 g/mol. The summed E-state index contributed by atoms with van der Waals surface area (Å²) in [6.07, 6.45) is 1.98. The highest BCUT2D eigenvalue weighted by atomic mass is 32.1. The van der Waals surface area contributed by atoms with Crippen molar-refractivity contribution in [1.82, 2.24) is 0 Å². The van der Waals surface area contributed by atoms with E-state index in [1.165, 1.54) is 11.3 Å². The summed E-state index contributed by atoms with van der Waals surface area (Å²) >= 11 is 1.53. The number of ether oxygens (including phenoxy) is 3. The van der Waals surface area contributed by atoms with Crippen molar-refractivity contribution in [2.75, 3.05) is 13.2 Å². The van der Waals surface area contributed by atoms with E-state index >= 15 is 0 Å². The molecule has 4 heteroatoms. The Balaban J connectivity index is 2.36. The van der Waals surface area contributed by atoms with Crippen LogP contribution in [0.4, 0.5) is 0 Å². The van der Waals surface area contributed by atoms with Crippen molar-refractivity contribution in [3.8, 4) is 10.8 Å². The molecule has 0 aliphatic rings. The first-order valence-corrected chi connectivity index (χ1v) is 6.64. The molecule has 92 valence electrons. The lowest BCUT2D eigenvalue weighted by Crippen LogP contribution is -2.16. The maximum absolute atomic E-state index is 5.66. The molecule has 1 aromatic heterocycles. The Hall–Kier alpha value is -0.740. The topological polar surface area (TPSA) is 27.7 Å². The third-order valence-corrected chi connectivity index (χ3v) is 2.80. The monoisotopic (exact) mass is 244 g/mol. The average molecular weight is 244 g/mol. The molecule has 1 atom stereocenters. The molecule has 0 fully saturated rings. The van der Waals surface area contributed by atoms with Crippen molar-refractivity contribution in [1.29, 1.82) is 0 Å². The van der Waals surface area contributed by atoms with E-state index in [4.69, 9.17) is 14.2 Å². The van der Waals surface area contributed by atoms with Crippen molar-refractivity contribution in [3.63, 3.8) is 0 Å². The molecule has 1 unspecified atom stereocenters. The van der Waals surface area contributed by atoms with Crippen LogP contribution in [0.1, 0.15) is 33.6 Å². The Bertz CT molecular complexity index is 286. The molecule has 16 heavy (non-hydrogen) atoms. The van der Waals surface area contributed by atoms with Gasteiger partial charge in [-0.15, -0.1) is 11.3 Å². The molecular formula is C12H20O3S. The molecule has 1 aromatic rings. The second kappa shape index (κ2) is 7.52. The predicted octanol–water partition coefficient (Wildman–Crippen LogP) is 3.69. The second-order valence-corrected chi connectivity index (χ2v) is 4.29. The molecule has 0 aliphatic carbocycles. The molecule has 0 N–H and O–H groups in total. The molecule has 0 aliphatic heterocycles. The van der Waals surface area contributed by atoms with Crippen molar-refractivity contribution in [2.24, 2.45) is 0 Å². The highest BCUT2D eigenvalue weighted by Crippen LogP contribution is 2.34. The lowest BCUT2D eigenvalue weighted by atomic mass is 10.4. The van der Waals surface area contributed by atoms with Gasteiger partial charge in [-0.2, -0.15) is 0 Å². The Morgan fingerprint density at radius 1 is 1.38 bits per heavy atom. The van der Waals surface area contributed by atoms with Crippen molar-refractivity contribution >= 4 is 11.3 Å². The third kappa shape index (κ3) is 4.41. The first kappa shape index (κ1) is 13.3. The molecule has 0 bridgehead atoms. The second-order valence-electron chi connectivity index (χ2n) is 3.42. The highest BCUT2D eigenvalue weighted by molar-refractivity contribution is 7.12. The fraction of sp³-hybridized carbons (Fsp3) is 0.667. The summed E-state index contributed by atoms with van der Waals surface area (Å²) in [4.78, 5) is 0. The van der Waals surface area contributed by atoms with Crippen LogP contribution in [0.5, 0.6) is 10.8 Å². The number of hydrogen-bond acceptors (Lipinski definition) is 4. The molecule has 1 rings (SSSR count). The molecule has 0 aromatic carbocycles. The van der Waals surface area contributed by atoms with E-state index in [9.17, 15) is 0 Å². The van der Waals surface area contributed by atoms with E-state index in [1.54, 1.807) is 0 Å². The van der Waals surface area contributed by atoms with E-state index < -0.39 is 0 Å². The Kier molecular flexibility index (Phi) is 6.26. The van der Waals surface area contributed by atoms with Gasteiger partial charge in [-0.05, 0) is 31.7 Å². The predicted molar refractivity (Wildman–Crippen MR) is 66.4 cm³/mol. The Morgan fingerprint density at radius 3 is 2.88 bits per heavy atom. The van der Waals surface area contributed by atoms with E-state index in [1.807, 2.05) is 25.3 Å². The number of unbranched alkanes of at least 4 members (excludes halogenated alkanes) is 1. The van der Waals surface area contributed by atoms with Crippen LogP contribution in [0.25, 0.3) is 0 Å². The lowest BCUT2D eigenvalue weighted by molar-refractivity contribution is -0.0664. The fourth-order valence-electron chi connectivity index (χ4n) is 1.21. The van der Waals surface area contributed by atoms with Gasteiger partial charge in [0.15, 0.2) is 12.0 Å². The maximum atomic E-state index is 5.66. The summed E-state index contributed by atoms with van der Waals surface area (Å²) in [6, 6.07) is 1.92. The van der Waals surface area contributed by atoms with Gasteiger partial charge in [-0.1, -0.05) is 13.3 Å². The van der Waals surface area contributed by atoms with Crippen LogP contribution >= 0.6 is 11.3 Å². The summed E-state index contributed by atoms with van der Waals surface area (Å²) in [5, 5.41) is 2.75. The number of rotatable bonds is 8. The molecule has 0 spiro atoms. The van der Waals surface area contributed by atoms with Gasteiger partial charge in [-0.3, -0.25) is 0 Å². The van der Waals surface area contributed by atoms with Crippen LogP contribution in [-0.2, 0) is 4.74 Å². The zero-order valence-corrected chi connectivity index (χ0v) is 11.0. The van der Waals surface area contributed by atoms with Gasteiger partial charge in [0.25, 0.3) is 0 Å². The van der Waals surface area contributed by atoms with Gasteiger partial charge in [0.2, 0.25) is 5.06 Å². The van der Waals surface area contributed by atoms with E-state index in [0.717, 1.165) is 30.3 Å². The molecule has 0 amide bonds. The van der Waals surface area contributed by atoms with Gasteiger partial charge in [0.05, 0.1) is 13.2 Å². The summed E-state index contributed by atoms with van der Waals surface area (Å²) in [5.41, 5.74) is 0. The van der Waals surface area contributed by atoms with Crippen LogP contribution in [0, 0.1) is 0 Å². The minimum Gasteiger partial charge on any atom is -0.489 e. The Morgan fingerprint density at radius 2 is 2.19 bits per heavy atom. The summed E-state index contributed by atoms with van der Waals surface area (Å²) in [5.74, 6) is 0.804. The smallest absolute Gasteiger partial charge is 0.219 e. The Labute approximate surface area is 101 Å².